The van der Waals surface area contributed by atoms with E-state index in [-0.39, 0.29) is 0 Å². The molecule has 0 aliphatic carbocycles. The number of benzene rings is 1. The number of hydrogen-bond acceptors (Lipinski definition) is 4. The molecule has 0 radical (unpaired) electrons. The van der Waals surface area contributed by atoms with E-state index in [2.05, 4.69) is 23.9 Å². The van der Waals surface area contributed by atoms with Crippen molar-refractivity contribution in [3.63, 3.8) is 0 Å². The van der Waals surface area contributed by atoms with E-state index in [1.165, 1.54) is 0 Å². The summed E-state index contributed by atoms with van der Waals surface area (Å²) in [6.07, 6.45) is 2.19. The third kappa shape index (κ3) is 2.81. The standard InChI is InChI=1S/C14H21N3O2/c1-16(2)10-5-4-8-17(9-10)13-11(14(18)19)6-3-7-12(13)15/h3,6-7,10H,4-5,8-9,15H2,1-2H3,(H,18,19). The van der Waals surface area contributed by atoms with Crippen LogP contribution in [0, 0.1) is 0 Å². The molecule has 0 spiro atoms. The second-order valence-corrected chi connectivity index (χ2v) is 5.25. The van der Waals surface area contributed by atoms with Gasteiger partial charge < -0.3 is 20.6 Å². The SMILES string of the molecule is CN(C)C1CCCN(c2c(N)cccc2C(=O)O)C1. The van der Waals surface area contributed by atoms with Gasteiger partial charge in [0, 0.05) is 19.1 Å². The third-order valence-electron chi connectivity index (χ3n) is 3.74. The molecule has 19 heavy (non-hydrogen) atoms. The number of nitrogen functional groups attached to an aromatic ring is 1. The molecule has 1 heterocycles. The molecule has 1 aromatic carbocycles. The Bertz CT molecular complexity index is 474. The molecule has 0 aromatic heterocycles. The van der Waals surface area contributed by atoms with Gasteiger partial charge in [0.05, 0.1) is 16.9 Å². The lowest BCUT2D eigenvalue weighted by Gasteiger charge is -2.38. The fraction of sp³-hybridized carbons (Fsp3) is 0.500. The van der Waals surface area contributed by atoms with Crippen LogP contribution in [0.4, 0.5) is 11.4 Å². The maximum Gasteiger partial charge on any atom is 0.337 e. The Labute approximate surface area is 113 Å². The van der Waals surface area contributed by atoms with Crippen LogP contribution in [-0.2, 0) is 0 Å². The average molecular weight is 263 g/mol. The number of nitrogens with zero attached hydrogens (tertiary/aromatic N) is 2. The van der Waals surface area contributed by atoms with E-state index in [0.29, 0.717) is 23.0 Å². The van der Waals surface area contributed by atoms with Crippen molar-refractivity contribution in [2.24, 2.45) is 0 Å². The number of aromatic carboxylic acids is 1. The van der Waals surface area contributed by atoms with Crippen LogP contribution < -0.4 is 10.6 Å². The van der Waals surface area contributed by atoms with Gasteiger partial charge in [0.25, 0.3) is 0 Å². The highest BCUT2D eigenvalue weighted by atomic mass is 16.4. The minimum atomic E-state index is -0.922. The van der Waals surface area contributed by atoms with E-state index in [0.717, 1.165) is 25.9 Å². The van der Waals surface area contributed by atoms with Gasteiger partial charge in [-0.15, -0.1) is 0 Å². The molecule has 5 heteroatoms. The molecule has 1 aliphatic rings. The van der Waals surface area contributed by atoms with Gasteiger partial charge in [-0.25, -0.2) is 4.79 Å². The largest absolute Gasteiger partial charge is 0.478 e. The van der Waals surface area contributed by atoms with Crippen molar-refractivity contribution < 1.29 is 9.90 Å². The number of para-hydroxylation sites is 1. The number of carbonyl (C=O) groups is 1. The van der Waals surface area contributed by atoms with Crippen molar-refractivity contribution in [1.29, 1.82) is 0 Å². The molecule has 1 fully saturated rings. The third-order valence-corrected chi connectivity index (χ3v) is 3.74. The minimum Gasteiger partial charge on any atom is -0.478 e. The summed E-state index contributed by atoms with van der Waals surface area (Å²) >= 11 is 0. The zero-order chi connectivity index (χ0) is 14.0. The number of carboxylic acid groups (broad SMARTS) is 1. The summed E-state index contributed by atoms with van der Waals surface area (Å²) in [5.41, 5.74) is 7.49. The molecule has 1 aliphatic heterocycles. The molecule has 1 unspecified atom stereocenters. The van der Waals surface area contributed by atoms with Crippen LogP contribution in [0.3, 0.4) is 0 Å². The molecule has 0 saturated carbocycles. The first-order valence-electron chi connectivity index (χ1n) is 6.54. The quantitative estimate of drug-likeness (QED) is 0.809. The van der Waals surface area contributed by atoms with Crippen LogP contribution >= 0.6 is 0 Å². The first-order valence-corrected chi connectivity index (χ1v) is 6.54. The first kappa shape index (κ1) is 13.7. The molecule has 1 saturated heterocycles. The summed E-state index contributed by atoms with van der Waals surface area (Å²) in [5, 5.41) is 9.30. The molecule has 0 amide bonds. The molecule has 1 aromatic rings. The van der Waals surface area contributed by atoms with Crippen molar-refractivity contribution in [1.82, 2.24) is 4.90 Å². The summed E-state index contributed by atoms with van der Waals surface area (Å²) in [6.45, 7) is 1.68. The maximum atomic E-state index is 11.3. The highest BCUT2D eigenvalue weighted by Crippen LogP contribution is 2.31. The molecule has 2 rings (SSSR count). The normalized spacial score (nSPS) is 19.7. The second kappa shape index (κ2) is 5.48. The van der Waals surface area contributed by atoms with Crippen molar-refractivity contribution in [3.8, 4) is 0 Å². The monoisotopic (exact) mass is 263 g/mol. The lowest BCUT2D eigenvalue weighted by Crippen LogP contribution is -2.45. The summed E-state index contributed by atoms with van der Waals surface area (Å²) in [4.78, 5) is 15.6. The van der Waals surface area contributed by atoms with E-state index in [1.807, 2.05) is 0 Å². The summed E-state index contributed by atoms with van der Waals surface area (Å²) in [7, 11) is 4.11. The topological polar surface area (TPSA) is 69.8 Å². The number of piperidine rings is 1. The number of anilines is 2. The molecular formula is C14H21N3O2. The number of likely N-dealkylation sites (N-methyl/N-ethyl adjacent to an activating group) is 1. The molecule has 1 atom stereocenters. The summed E-state index contributed by atoms with van der Waals surface area (Å²) < 4.78 is 0. The highest BCUT2D eigenvalue weighted by Gasteiger charge is 2.25. The maximum absolute atomic E-state index is 11.3. The number of hydrogen-bond donors (Lipinski definition) is 2. The van der Waals surface area contributed by atoms with Gasteiger partial charge in [0.2, 0.25) is 0 Å². The van der Waals surface area contributed by atoms with Crippen molar-refractivity contribution >= 4 is 17.3 Å². The Morgan fingerprint density at radius 1 is 1.47 bits per heavy atom. The lowest BCUT2D eigenvalue weighted by atomic mass is 10.0. The Hall–Kier alpha value is -1.75. The van der Waals surface area contributed by atoms with Crippen molar-refractivity contribution in [3.05, 3.63) is 23.8 Å². The van der Waals surface area contributed by atoms with E-state index < -0.39 is 5.97 Å². The van der Waals surface area contributed by atoms with Gasteiger partial charge in [-0.1, -0.05) is 6.07 Å². The van der Waals surface area contributed by atoms with Crippen LogP contribution in [0.15, 0.2) is 18.2 Å². The number of rotatable bonds is 3. The van der Waals surface area contributed by atoms with E-state index >= 15 is 0 Å². The first-order chi connectivity index (χ1) is 9.00. The molecule has 0 bridgehead atoms. The van der Waals surface area contributed by atoms with Gasteiger partial charge in [0.1, 0.15) is 0 Å². The highest BCUT2D eigenvalue weighted by molar-refractivity contribution is 5.98. The smallest absolute Gasteiger partial charge is 0.337 e. The predicted octanol–water partition coefficient (Wildman–Crippen LogP) is 1.50. The molecule has 5 nitrogen and oxygen atoms in total. The second-order valence-electron chi connectivity index (χ2n) is 5.25. The van der Waals surface area contributed by atoms with Crippen molar-refractivity contribution in [2.45, 2.75) is 18.9 Å². The Balaban J connectivity index is 2.33. The Morgan fingerprint density at radius 3 is 2.84 bits per heavy atom. The molecule has 104 valence electrons. The van der Waals surface area contributed by atoms with Gasteiger partial charge in [0.15, 0.2) is 0 Å². The van der Waals surface area contributed by atoms with Crippen LogP contribution in [0.2, 0.25) is 0 Å². The van der Waals surface area contributed by atoms with E-state index in [1.54, 1.807) is 18.2 Å². The zero-order valence-corrected chi connectivity index (χ0v) is 11.5. The summed E-state index contributed by atoms with van der Waals surface area (Å²) in [5.74, 6) is -0.922. The van der Waals surface area contributed by atoms with E-state index in [4.69, 9.17) is 5.73 Å². The molecular weight excluding hydrogens is 242 g/mol. The Morgan fingerprint density at radius 2 is 2.21 bits per heavy atom. The van der Waals surface area contributed by atoms with Gasteiger partial charge >= 0.3 is 5.97 Å². The number of nitrogens with two attached hydrogens (primary N) is 1. The van der Waals surface area contributed by atoms with Crippen LogP contribution in [0.1, 0.15) is 23.2 Å². The van der Waals surface area contributed by atoms with Crippen LogP contribution in [0.5, 0.6) is 0 Å². The molecule has 3 N–H and O–H groups in total. The van der Waals surface area contributed by atoms with Gasteiger partial charge in [-0.2, -0.15) is 0 Å². The van der Waals surface area contributed by atoms with Gasteiger partial charge in [-0.05, 0) is 39.1 Å². The van der Waals surface area contributed by atoms with Crippen LogP contribution in [0.25, 0.3) is 0 Å². The number of carboxylic acids is 1. The Kier molecular flexibility index (Phi) is 3.95. The summed E-state index contributed by atoms with van der Waals surface area (Å²) in [6, 6.07) is 5.51. The fourth-order valence-electron chi connectivity index (χ4n) is 2.67. The fourth-order valence-corrected chi connectivity index (χ4v) is 2.67. The van der Waals surface area contributed by atoms with Gasteiger partial charge in [-0.3, -0.25) is 0 Å². The lowest BCUT2D eigenvalue weighted by molar-refractivity contribution is 0.0697. The predicted molar refractivity (Wildman–Crippen MR) is 76.7 cm³/mol. The van der Waals surface area contributed by atoms with E-state index in [9.17, 15) is 9.90 Å². The van der Waals surface area contributed by atoms with Crippen LogP contribution in [-0.4, -0.2) is 49.2 Å². The zero-order valence-electron chi connectivity index (χ0n) is 11.5. The minimum absolute atomic E-state index is 0.291. The van der Waals surface area contributed by atoms with Crippen molar-refractivity contribution in [2.75, 3.05) is 37.8 Å². The average Bonchev–Trinajstić information content (AvgIpc) is 2.38.